The lowest BCUT2D eigenvalue weighted by atomic mass is 9.90. The van der Waals surface area contributed by atoms with Gasteiger partial charge in [0.05, 0.1) is 10.5 Å². The van der Waals surface area contributed by atoms with E-state index < -0.39 is 0 Å². The highest BCUT2D eigenvalue weighted by molar-refractivity contribution is 9.10. The number of ether oxygens (including phenoxy) is 2. The maximum atomic E-state index is 12.4. The van der Waals surface area contributed by atoms with Gasteiger partial charge in [0.1, 0.15) is 17.1 Å². The third-order valence-electron chi connectivity index (χ3n) is 3.96. The molecule has 132 valence electrons. The molecular formula is C19H19BrClNO3. The zero-order valence-corrected chi connectivity index (χ0v) is 16.4. The molecule has 1 N–H and O–H groups in total. The summed E-state index contributed by atoms with van der Waals surface area (Å²) in [7, 11) is 0. The number of hydrogen-bond acceptors (Lipinski definition) is 3. The second kappa shape index (κ2) is 7.26. The summed E-state index contributed by atoms with van der Waals surface area (Å²) in [6.45, 7) is 3.97. The fourth-order valence-corrected chi connectivity index (χ4v) is 3.70. The molecule has 1 amide bonds. The number of fused-ring (bicyclic) bond motifs is 1. The molecule has 1 aliphatic rings. The van der Waals surface area contributed by atoms with Crippen molar-refractivity contribution in [3.05, 3.63) is 57.5 Å². The first-order chi connectivity index (χ1) is 11.8. The lowest BCUT2D eigenvalue weighted by Gasteiger charge is -2.37. The third kappa shape index (κ3) is 4.47. The molecule has 0 saturated carbocycles. The molecule has 0 saturated heterocycles. The highest BCUT2D eigenvalue weighted by atomic mass is 79.9. The number of hydrogen-bond donors (Lipinski definition) is 1. The van der Waals surface area contributed by atoms with Gasteiger partial charge in [0.2, 0.25) is 0 Å². The average molecular weight is 425 g/mol. The Bertz CT molecular complexity index is 794. The van der Waals surface area contributed by atoms with Crippen molar-refractivity contribution < 1.29 is 14.3 Å². The molecule has 1 aliphatic heterocycles. The lowest BCUT2D eigenvalue weighted by Crippen LogP contribution is -2.42. The normalized spacial score (nSPS) is 18.0. The van der Waals surface area contributed by atoms with Gasteiger partial charge in [-0.2, -0.15) is 0 Å². The van der Waals surface area contributed by atoms with Crippen LogP contribution in [0.25, 0.3) is 0 Å². The number of amides is 1. The summed E-state index contributed by atoms with van der Waals surface area (Å²) in [4.78, 5) is 12.4. The van der Waals surface area contributed by atoms with Gasteiger partial charge in [0.25, 0.3) is 5.91 Å². The Kier molecular flexibility index (Phi) is 5.25. The fourth-order valence-electron chi connectivity index (χ4n) is 2.90. The first-order valence-electron chi connectivity index (χ1n) is 7.99. The van der Waals surface area contributed by atoms with Crippen LogP contribution in [0.3, 0.4) is 0 Å². The molecule has 0 radical (unpaired) electrons. The molecule has 1 unspecified atom stereocenters. The third-order valence-corrected chi connectivity index (χ3v) is 4.82. The van der Waals surface area contributed by atoms with Crippen LogP contribution >= 0.6 is 27.5 Å². The zero-order valence-electron chi connectivity index (χ0n) is 14.0. The van der Waals surface area contributed by atoms with Gasteiger partial charge in [-0.15, -0.1) is 0 Å². The monoisotopic (exact) mass is 423 g/mol. The molecule has 3 rings (SSSR count). The van der Waals surface area contributed by atoms with Crippen molar-refractivity contribution in [3.8, 4) is 11.5 Å². The molecule has 25 heavy (non-hydrogen) atoms. The number of carbonyl (C=O) groups excluding carboxylic acids is 1. The van der Waals surface area contributed by atoms with Gasteiger partial charge in [0, 0.05) is 17.0 Å². The van der Waals surface area contributed by atoms with Crippen LogP contribution in [0.2, 0.25) is 5.02 Å². The molecular weight excluding hydrogens is 406 g/mol. The maximum absolute atomic E-state index is 12.4. The highest BCUT2D eigenvalue weighted by Gasteiger charge is 2.34. The molecule has 4 nitrogen and oxygen atoms in total. The molecule has 1 heterocycles. The van der Waals surface area contributed by atoms with E-state index in [1.807, 2.05) is 38.1 Å². The Morgan fingerprint density at radius 1 is 1.36 bits per heavy atom. The van der Waals surface area contributed by atoms with Gasteiger partial charge in [-0.25, -0.2) is 0 Å². The van der Waals surface area contributed by atoms with E-state index in [2.05, 4.69) is 21.2 Å². The first kappa shape index (κ1) is 18.1. The number of carbonyl (C=O) groups is 1. The minimum Gasteiger partial charge on any atom is -0.487 e. The number of rotatable bonds is 4. The minimum absolute atomic E-state index is 0.0693. The topological polar surface area (TPSA) is 47.6 Å². The van der Waals surface area contributed by atoms with Crippen molar-refractivity contribution in [2.75, 3.05) is 6.61 Å². The van der Waals surface area contributed by atoms with E-state index in [9.17, 15) is 4.79 Å². The molecule has 0 spiro atoms. The summed E-state index contributed by atoms with van der Waals surface area (Å²) >= 11 is 9.28. The van der Waals surface area contributed by atoms with Crippen LogP contribution in [0.1, 0.15) is 31.9 Å². The molecule has 1 atom stereocenters. The summed E-state index contributed by atoms with van der Waals surface area (Å²) in [6, 6.07) is 12.9. The predicted octanol–water partition coefficient (Wildman–Crippen LogP) is 4.90. The van der Waals surface area contributed by atoms with E-state index in [1.54, 1.807) is 18.2 Å². The Morgan fingerprint density at radius 3 is 2.88 bits per heavy atom. The minimum atomic E-state index is -0.341. The standard InChI is InChI=1S/C19H19BrClNO3/c1-19(2)10-15(13-5-3-4-6-16(13)25-19)22-18(23)11-24-17-8-7-12(21)9-14(17)20/h3-9,15H,10-11H2,1-2H3,(H,22,23). The molecule has 6 heteroatoms. The van der Waals surface area contributed by atoms with Crippen LogP contribution in [-0.2, 0) is 4.79 Å². The van der Waals surface area contributed by atoms with E-state index >= 15 is 0 Å². The molecule has 0 fully saturated rings. The zero-order chi connectivity index (χ0) is 18.0. The predicted molar refractivity (Wildman–Crippen MR) is 101 cm³/mol. The quantitative estimate of drug-likeness (QED) is 0.759. The number of nitrogens with one attached hydrogen (secondary N) is 1. The molecule has 0 bridgehead atoms. The number of halogens is 2. The summed E-state index contributed by atoms with van der Waals surface area (Å²) in [5, 5.41) is 3.65. The lowest BCUT2D eigenvalue weighted by molar-refractivity contribution is -0.124. The van der Waals surface area contributed by atoms with Gasteiger partial charge in [-0.05, 0) is 54.0 Å². The molecule has 2 aromatic carbocycles. The fraction of sp³-hybridized carbons (Fsp3) is 0.316. The number of para-hydroxylation sites is 1. The van der Waals surface area contributed by atoms with Crippen LogP contribution in [0.5, 0.6) is 11.5 Å². The summed E-state index contributed by atoms with van der Waals surface area (Å²) in [5.41, 5.74) is 0.648. The second-order valence-electron chi connectivity index (χ2n) is 6.59. The Balaban J connectivity index is 1.66. The van der Waals surface area contributed by atoms with E-state index in [-0.39, 0.29) is 24.2 Å². The van der Waals surface area contributed by atoms with E-state index in [0.717, 1.165) is 11.3 Å². The summed E-state index contributed by atoms with van der Waals surface area (Å²) in [6.07, 6.45) is 0.695. The average Bonchev–Trinajstić information content (AvgIpc) is 2.53. The van der Waals surface area contributed by atoms with Crippen molar-refractivity contribution in [1.29, 1.82) is 0 Å². The summed E-state index contributed by atoms with van der Waals surface area (Å²) in [5.74, 6) is 1.21. The van der Waals surface area contributed by atoms with Gasteiger partial charge in [-0.1, -0.05) is 29.8 Å². The highest BCUT2D eigenvalue weighted by Crippen LogP contribution is 2.39. The van der Waals surface area contributed by atoms with E-state index in [1.165, 1.54) is 0 Å². The van der Waals surface area contributed by atoms with Crippen LogP contribution in [0, 0.1) is 0 Å². The van der Waals surface area contributed by atoms with Crippen molar-refractivity contribution in [2.45, 2.75) is 31.9 Å². The largest absolute Gasteiger partial charge is 0.487 e. The Morgan fingerprint density at radius 2 is 2.12 bits per heavy atom. The van der Waals surface area contributed by atoms with Crippen molar-refractivity contribution in [2.24, 2.45) is 0 Å². The van der Waals surface area contributed by atoms with E-state index in [0.29, 0.717) is 21.7 Å². The van der Waals surface area contributed by atoms with E-state index in [4.69, 9.17) is 21.1 Å². The summed E-state index contributed by atoms with van der Waals surface area (Å²) < 4.78 is 12.3. The van der Waals surface area contributed by atoms with Crippen LogP contribution in [-0.4, -0.2) is 18.1 Å². The van der Waals surface area contributed by atoms with Gasteiger partial charge in [0.15, 0.2) is 6.61 Å². The van der Waals surface area contributed by atoms with Gasteiger partial charge >= 0.3 is 0 Å². The second-order valence-corrected chi connectivity index (χ2v) is 7.88. The van der Waals surface area contributed by atoms with Crippen LogP contribution < -0.4 is 14.8 Å². The van der Waals surface area contributed by atoms with Gasteiger partial charge in [-0.3, -0.25) is 4.79 Å². The number of benzene rings is 2. The van der Waals surface area contributed by atoms with Gasteiger partial charge < -0.3 is 14.8 Å². The smallest absolute Gasteiger partial charge is 0.258 e. The SMILES string of the molecule is CC1(C)CC(NC(=O)COc2ccc(Cl)cc2Br)c2ccccc2O1. The molecule has 2 aromatic rings. The Hall–Kier alpha value is -1.72. The van der Waals surface area contributed by atoms with Crippen molar-refractivity contribution in [1.82, 2.24) is 5.32 Å². The Labute approximate surface area is 160 Å². The van der Waals surface area contributed by atoms with Crippen molar-refractivity contribution >= 4 is 33.4 Å². The molecule has 0 aliphatic carbocycles. The van der Waals surface area contributed by atoms with Crippen molar-refractivity contribution in [3.63, 3.8) is 0 Å². The van der Waals surface area contributed by atoms with Crippen LogP contribution in [0.15, 0.2) is 46.9 Å². The molecule has 0 aromatic heterocycles. The van der Waals surface area contributed by atoms with Crippen LogP contribution in [0.4, 0.5) is 0 Å². The first-order valence-corrected chi connectivity index (χ1v) is 9.16. The maximum Gasteiger partial charge on any atom is 0.258 e.